The van der Waals surface area contributed by atoms with E-state index in [0.717, 1.165) is 16.7 Å². The summed E-state index contributed by atoms with van der Waals surface area (Å²) in [6.45, 7) is 1.93. The highest BCUT2D eigenvalue weighted by molar-refractivity contribution is 9.10. The van der Waals surface area contributed by atoms with Crippen LogP contribution >= 0.6 is 15.9 Å². The zero-order valence-electron chi connectivity index (χ0n) is 11.4. The van der Waals surface area contributed by atoms with E-state index in [1.165, 1.54) is 0 Å². The van der Waals surface area contributed by atoms with Crippen LogP contribution in [0.5, 0.6) is 0 Å². The first-order valence-corrected chi connectivity index (χ1v) is 7.45. The van der Waals surface area contributed by atoms with Crippen LogP contribution in [-0.4, -0.2) is 11.9 Å². The van der Waals surface area contributed by atoms with Gasteiger partial charge in [0.05, 0.1) is 0 Å². The van der Waals surface area contributed by atoms with E-state index in [-0.39, 0.29) is 11.9 Å². The fourth-order valence-corrected chi connectivity index (χ4v) is 2.53. The van der Waals surface area contributed by atoms with E-state index in [0.29, 0.717) is 16.9 Å². The van der Waals surface area contributed by atoms with E-state index >= 15 is 0 Å². The summed E-state index contributed by atoms with van der Waals surface area (Å²) in [6, 6.07) is 13.1. The van der Waals surface area contributed by atoms with Gasteiger partial charge in [-0.2, -0.15) is 0 Å². The Bertz CT molecular complexity index is 742. The molecule has 1 amide bonds. The Balaban J connectivity index is 1.65. The summed E-state index contributed by atoms with van der Waals surface area (Å²) in [7, 11) is 0. The molecular formula is C16H14BrNO3. The van der Waals surface area contributed by atoms with Gasteiger partial charge < -0.3 is 14.2 Å². The second-order valence-electron chi connectivity index (χ2n) is 4.93. The minimum absolute atomic E-state index is 0.0538. The second kappa shape index (κ2) is 5.77. The van der Waals surface area contributed by atoms with Crippen LogP contribution in [-0.2, 0) is 6.42 Å². The molecule has 2 heterocycles. The van der Waals surface area contributed by atoms with Crippen LogP contribution < -0.4 is 5.32 Å². The maximum absolute atomic E-state index is 12.0. The smallest absolute Gasteiger partial charge is 0.287 e. The van der Waals surface area contributed by atoms with Crippen LogP contribution in [0.3, 0.4) is 0 Å². The van der Waals surface area contributed by atoms with Crippen molar-refractivity contribution in [3.8, 4) is 0 Å². The number of furan rings is 2. The summed E-state index contributed by atoms with van der Waals surface area (Å²) in [6.07, 6.45) is 0.627. The Morgan fingerprint density at radius 2 is 2.05 bits per heavy atom. The maximum Gasteiger partial charge on any atom is 0.287 e. The van der Waals surface area contributed by atoms with Crippen LogP contribution in [0.4, 0.5) is 0 Å². The van der Waals surface area contributed by atoms with Gasteiger partial charge in [-0.15, -0.1) is 0 Å². The molecule has 5 heteroatoms. The van der Waals surface area contributed by atoms with Crippen molar-refractivity contribution >= 4 is 32.8 Å². The lowest BCUT2D eigenvalue weighted by molar-refractivity contribution is 0.0910. The first kappa shape index (κ1) is 13.9. The van der Waals surface area contributed by atoms with Crippen LogP contribution in [0.2, 0.25) is 0 Å². The predicted octanol–water partition coefficient (Wildman–Crippen LogP) is 4.15. The van der Waals surface area contributed by atoms with E-state index in [2.05, 4.69) is 21.2 Å². The van der Waals surface area contributed by atoms with Gasteiger partial charge in [0.25, 0.3) is 5.91 Å². The summed E-state index contributed by atoms with van der Waals surface area (Å²) in [5, 5.41) is 3.96. The number of fused-ring (bicyclic) bond motifs is 1. The Hall–Kier alpha value is -2.01. The number of carbonyl (C=O) groups excluding carboxylic acids is 1. The van der Waals surface area contributed by atoms with Gasteiger partial charge in [0.1, 0.15) is 11.3 Å². The van der Waals surface area contributed by atoms with Gasteiger partial charge in [-0.05, 0) is 47.1 Å². The largest absolute Gasteiger partial charge is 0.461 e. The predicted molar refractivity (Wildman–Crippen MR) is 83.3 cm³/mol. The lowest BCUT2D eigenvalue weighted by Crippen LogP contribution is -2.33. The molecule has 3 aromatic rings. The second-order valence-corrected chi connectivity index (χ2v) is 5.71. The molecule has 108 valence electrons. The molecule has 21 heavy (non-hydrogen) atoms. The van der Waals surface area contributed by atoms with E-state index in [9.17, 15) is 4.79 Å². The molecule has 0 unspecified atom stereocenters. The molecular weight excluding hydrogens is 334 g/mol. The fraction of sp³-hybridized carbons (Fsp3) is 0.188. The number of hydrogen-bond acceptors (Lipinski definition) is 3. The third-order valence-corrected chi connectivity index (χ3v) is 3.58. The van der Waals surface area contributed by atoms with Crippen molar-refractivity contribution in [1.82, 2.24) is 5.32 Å². The van der Waals surface area contributed by atoms with Crippen molar-refractivity contribution in [2.24, 2.45) is 0 Å². The van der Waals surface area contributed by atoms with Crippen molar-refractivity contribution in [3.05, 3.63) is 58.7 Å². The molecule has 0 aliphatic rings. The molecule has 3 rings (SSSR count). The molecule has 0 saturated carbocycles. The molecule has 0 bridgehead atoms. The number of nitrogens with one attached hydrogen (secondary N) is 1. The number of hydrogen-bond donors (Lipinski definition) is 1. The molecule has 0 saturated heterocycles. The number of rotatable bonds is 4. The molecule has 0 radical (unpaired) electrons. The molecule has 0 spiro atoms. The summed E-state index contributed by atoms with van der Waals surface area (Å²) in [4.78, 5) is 12.0. The molecule has 0 aliphatic heterocycles. The van der Waals surface area contributed by atoms with Gasteiger partial charge in [-0.3, -0.25) is 4.79 Å². The SMILES string of the molecule is C[C@H](Cc1cc2ccccc2o1)NC(=O)c1ccc(Br)o1. The van der Waals surface area contributed by atoms with Crippen molar-refractivity contribution in [3.63, 3.8) is 0 Å². The van der Waals surface area contributed by atoms with Crippen LogP contribution in [0, 0.1) is 0 Å². The normalized spacial score (nSPS) is 12.5. The standard InChI is InChI=1S/C16H14BrNO3/c1-10(18-16(19)14-6-7-15(17)21-14)8-12-9-11-4-2-3-5-13(11)20-12/h2-7,9-10H,8H2,1H3,(H,18,19)/t10-/m1/s1. The fourth-order valence-electron chi connectivity index (χ4n) is 2.22. The van der Waals surface area contributed by atoms with Crippen molar-refractivity contribution in [2.45, 2.75) is 19.4 Å². The number of benzene rings is 1. The first-order valence-electron chi connectivity index (χ1n) is 6.65. The van der Waals surface area contributed by atoms with Gasteiger partial charge >= 0.3 is 0 Å². The van der Waals surface area contributed by atoms with Gasteiger partial charge in [-0.1, -0.05) is 18.2 Å². The van der Waals surface area contributed by atoms with E-state index in [1.54, 1.807) is 12.1 Å². The summed E-state index contributed by atoms with van der Waals surface area (Å²) in [5.41, 5.74) is 0.862. The first-order chi connectivity index (χ1) is 10.1. The van der Waals surface area contributed by atoms with Gasteiger partial charge in [0, 0.05) is 17.8 Å². The molecule has 1 atom stereocenters. The minimum atomic E-state index is -0.232. The summed E-state index contributed by atoms with van der Waals surface area (Å²) >= 11 is 3.18. The highest BCUT2D eigenvalue weighted by Gasteiger charge is 2.15. The van der Waals surface area contributed by atoms with Crippen LogP contribution in [0.1, 0.15) is 23.2 Å². The Morgan fingerprint density at radius 1 is 1.24 bits per heavy atom. The Kier molecular flexibility index (Phi) is 3.84. The number of para-hydroxylation sites is 1. The van der Waals surface area contributed by atoms with E-state index < -0.39 is 0 Å². The molecule has 1 aromatic carbocycles. The lowest BCUT2D eigenvalue weighted by Gasteiger charge is -2.10. The monoisotopic (exact) mass is 347 g/mol. The molecule has 2 aromatic heterocycles. The van der Waals surface area contributed by atoms with Crippen molar-refractivity contribution in [2.75, 3.05) is 0 Å². The molecule has 1 N–H and O–H groups in total. The van der Waals surface area contributed by atoms with E-state index in [1.807, 2.05) is 37.3 Å². The van der Waals surface area contributed by atoms with Crippen LogP contribution in [0.25, 0.3) is 11.0 Å². The zero-order valence-corrected chi connectivity index (χ0v) is 13.0. The van der Waals surface area contributed by atoms with Gasteiger partial charge in [-0.25, -0.2) is 0 Å². The maximum atomic E-state index is 12.0. The molecule has 4 nitrogen and oxygen atoms in total. The lowest BCUT2D eigenvalue weighted by atomic mass is 10.1. The average molecular weight is 348 g/mol. The van der Waals surface area contributed by atoms with Gasteiger partial charge in [0.2, 0.25) is 0 Å². The quantitative estimate of drug-likeness (QED) is 0.771. The average Bonchev–Trinajstić information content (AvgIpc) is 3.03. The Morgan fingerprint density at radius 3 is 2.76 bits per heavy atom. The number of halogens is 1. The van der Waals surface area contributed by atoms with Crippen molar-refractivity contribution < 1.29 is 13.6 Å². The van der Waals surface area contributed by atoms with Gasteiger partial charge in [0.15, 0.2) is 10.4 Å². The minimum Gasteiger partial charge on any atom is -0.461 e. The third kappa shape index (κ3) is 3.19. The highest BCUT2D eigenvalue weighted by atomic mass is 79.9. The summed E-state index contributed by atoms with van der Waals surface area (Å²) < 4.78 is 11.5. The third-order valence-electron chi connectivity index (χ3n) is 3.16. The number of amides is 1. The topological polar surface area (TPSA) is 55.4 Å². The van der Waals surface area contributed by atoms with Crippen molar-refractivity contribution in [1.29, 1.82) is 0 Å². The van der Waals surface area contributed by atoms with Crippen LogP contribution in [0.15, 0.2) is 56.0 Å². The number of carbonyl (C=O) groups is 1. The Labute approximate surface area is 130 Å². The molecule has 0 aliphatic carbocycles. The summed E-state index contributed by atoms with van der Waals surface area (Å²) in [5.74, 6) is 0.910. The van der Waals surface area contributed by atoms with E-state index in [4.69, 9.17) is 8.83 Å². The molecule has 0 fully saturated rings. The highest BCUT2D eigenvalue weighted by Crippen LogP contribution is 2.20. The zero-order chi connectivity index (χ0) is 14.8.